The van der Waals surface area contributed by atoms with Crippen molar-refractivity contribution in [1.82, 2.24) is 4.90 Å². The molecule has 1 heterocycles. The van der Waals surface area contributed by atoms with Crippen LogP contribution in [0.25, 0.3) is 0 Å². The number of rotatable bonds is 4. The second-order valence-electron chi connectivity index (χ2n) is 6.75. The molecule has 1 aliphatic rings. The maximum absolute atomic E-state index is 13.8. The van der Waals surface area contributed by atoms with Gasteiger partial charge < -0.3 is 15.0 Å². The number of hydrogen-bond donors (Lipinski definition) is 1. The molecular weight excluding hydrogens is 381 g/mol. The van der Waals surface area contributed by atoms with Crippen molar-refractivity contribution < 1.29 is 23.6 Å². The zero-order valence-electron chi connectivity index (χ0n) is 16.0. The zero-order chi connectivity index (χ0) is 21.1. The number of esters is 1. The number of amides is 1. The molecule has 1 aliphatic heterocycles. The van der Waals surface area contributed by atoms with E-state index in [1.165, 1.54) is 37.3 Å². The van der Waals surface area contributed by atoms with Crippen molar-refractivity contribution in [3.8, 4) is 0 Å². The van der Waals surface area contributed by atoms with Crippen LogP contribution in [0.1, 0.15) is 40.9 Å². The summed E-state index contributed by atoms with van der Waals surface area (Å²) in [5.41, 5.74) is 1.47. The molecule has 8 nitrogen and oxygen atoms in total. The minimum atomic E-state index is -0.813. The lowest BCUT2D eigenvalue weighted by Crippen LogP contribution is -2.28. The molecule has 1 atom stereocenters. The van der Waals surface area contributed by atoms with Gasteiger partial charge in [-0.15, -0.1) is 0 Å². The van der Waals surface area contributed by atoms with Gasteiger partial charge in [-0.3, -0.25) is 14.9 Å². The van der Waals surface area contributed by atoms with Crippen molar-refractivity contribution in [3.05, 3.63) is 69.0 Å². The normalized spacial score (nSPS) is 15.8. The van der Waals surface area contributed by atoms with Crippen LogP contribution in [0.15, 0.2) is 36.4 Å². The third-order valence-electron chi connectivity index (χ3n) is 4.91. The van der Waals surface area contributed by atoms with Crippen molar-refractivity contribution >= 4 is 23.3 Å². The second kappa shape index (κ2) is 8.26. The molecule has 0 aliphatic carbocycles. The van der Waals surface area contributed by atoms with Crippen molar-refractivity contribution in [2.75, 3.05) is 19.0 Å². The number of nitrogens with one attached hydrogen (secondary N) is 1. The summed E-state index contributed by atoms with van der Waals surface area (Å²) in [4.78, 5) is 36.0. The number of nitro benzene ring substituents is 1. The predicted molar refractivity (Wildman–Crippen MR) is 103 cm³/mol. The molecule has 0 saturated carbocycles. The fourth-order valence-corrected chi connectivity index (χ4v) is 3.45. The van der Waals surface area contributed by atoms with E-state index in [1.54, 1.807) is 11.0 Å². The summed E-state index contributed by atoms with van der Waals surface area (Å²) in [6.45, 7) is 2.22. The van der Waals surface area contributed by atoms with Gasteiger partial charge in [0.15, 0.2) is 0 Å². The molecule has 0 saturated heterocycles. The van der Waals surface area contributed by atoms with E-state index >= 15 is 0 Å². The fraction of sp³-hybridized carbons (Fsp3) is 0.300. The third kappa shape index (κ3) is 4.34. The van der Waals surface area contributed by atoms with E-state index in [4.69, 9.17) is 0 Å². The number of hydrogen-bond acceptors (Lipinski definition) is 6. The average molecular weight is 401 g/mol. The van der Waals surface area contributed by atoms with Gasteiger partial charge >= 0.3 is 5.97 Å². The number of benzene rings is 2. The number of halogens is 1. The molecule has 0 radical (unpaired) electrons. The standard InChI is InChI=1S/C20H20FN3O5/c1-12(25)23-8-7-18(16-5-3-14(21)9-13(16)11-23)22-15-4-6-19(24(27)28)17(10-15)20(26)29-2/h3-6,9-10,18,22H,7-8,11H2,1-2H3. The quantitative estimate of drug-likeness (QED) is 0.478. The van der Waals surface area contributed by atoms with Gasteiger partial charge in [-0.1, -0.05) is 6.07 Å². The molecule has 1 unspecified atom stereocenters. The Morgan fingerprint density at radius 3 is 2.69 bits per heavy atom. The Balaban J connectivity index is 1.96. The maximum atomic E-state index is 13.8. The Labute approximate surface area is 166 Å². The van der Waals surface area contributed by atoms with E-state index in [0.29, 0.717) is 30.8 Å². The lowest BCUT2D eigenvalue weighted by molar-refractivity contribution is -0.385. The first-order chi connectivity index (χ1) is 13.8. The Morgan fingerprint density at radius 1 is 1.28 bits per heavy atom. The highest BCUT2D eigenvalue weighted by molar-refractivity contribution is 5.95. The largest absolute Gasteiger partial charge is 0.465 e. The SMILES string of the molecule is COC(=O)c1cc(NC2CCN(C(C)=O)Cc3cc(F)ccc32)ccc1[N+](=O)[O-]. The van der Waals surface area contributed by atoms with Crippen LogP contribution in [0.5, 0.6) is 0 Å². The Bertz CT molecular complexity index is 979. The lowest BCUT2D eigenvalue weighted by Gasteiger charge is -2.21. The molecule has 0 aromatic heterocycles. The molecule has 3 rings (SSSR count). The van der Waals surface area contributed by atoms with Crippen LogP contribution in [0, 0.1) is 15.9 Å². The van der Waals surface area contributed by atoms with Crippen molar-refractivity contribution in [3.63, 3.8) is 0 Å². The van der Waals surface area contributed by atoms with Gasteiger partial charge in [0, 0.05) is 31.8 Å². The number of anilines is 1. The van der Waals surface area contributed by atoms with Gasteiger partial charge in [0.25, 0.3) is 5.69 Å². The Morgan fingerprint density at radius 2 is 2.03 bits per heavy atom. The zero-order valence-corrected chi connectivity index (χ0v) is 16.0. The average Bonchev–Trinajstić information content (AvgIpc) is 2.86. The number of nitro groups is 1. The highest BCUT2D eigenvalue weighted by atomic mass is 19.1. The monoisotopic (exact) mass is 401 g/mol. The minimum Gasteiger partial charge on any atom is -0.465 e. The van der Waals surface area contributed by atoms with Gasteiger partial charge in [0.05, 0.1) is 18.1 Å². The minimum absolute atomic E-state index is 0.107. The molecule has 1 N–H and O–H groups in total. The summed E-state index contributed by atoms with van der Waals surface area (Å²) in [6, 6.07) is 8.24. The lowest BCUT2D eigenvalue weighted by atomic mass is 9.98. The number of methoxy groups -OCH3 is 1. The number of nitrogens with zero attached hydrogens (tertiary/aromatic N) is 2. The molecule has 152 valence electrons. The molecule has 29 heavy (non-hydrogen) atoms. The Hall–Kier alpha value is -3.49. The topological polar surface area (TPSA) is 102 Å². The maximum Gasteiger partial charge on any atom is 0.344 e. The second-order valence-corrected chi connectivity index (χ2v) is 6.75. The van der Waals surface area contributed by atoms with E-state index < -0.39 is 16.7 Å². The van der Waals surface area contributed by atoms with Gasteiger partial charge in [0.2, 0.25) is 5.91 Å². The van der Waals surface area contributed by atoms with E-state index in [9.17, 15) is 24.1 Å². The van der Waals surface area contributed by atoms with Crippen LogP contribution in [0.4, 0.5) is 15.8 Å². The fourth-order valence-electron chi connectivity index (χ4n) is 3.45. The third-order valence-corrected chi connectivity index (χ3v) is 4.91. The summed E-state index contributed by atoms with van der Waals surface area (Å²) in [5.74, 6) is -1.31. The molecular formula is C20H20FN3O5. The summed E-state index contributed by atoms with van der Waals surface area (Å²) in [7, 11) is 1.15. The molecule has 0 fully saturated rings. The first kappa shape index (κ1) is 20.2. The van der Waals surface area contributed by atoms with Crippen molar-refractivity contribution in [2.24, 2.45) is 0 Å². The van der Waals surface area contributed by atoms with Crippen molar-refractivity contribution in [1.29, 1.82) is 0 Å². The molecule has 0 bridgehead atoms. The summed E-state index contributed by atoms with van der Waals surface area (Å²) in [6.07, 6.45) is 0.544. The van der Waals surface area contributed by atoms with Crippen LogP contribution < -0.4 is 5.32 Å². The highest BCUT2D eigenvalue weighted by Crippen LogP contribution is 2.32. The van der Waals surface area contributed by atoms with E-state index in [1.807, 2.05) is 0 Å². The van der Waals surface area contributed by atoms with E-state index in [-0.39, 0.29) is 23.2 Å². The summed E-state index contributed by atoms with van der Waals surface area (Å²) >= 11 is 0. The first-order valence-corrected chi connectivity index (χ1v) is 8.97. The molecule has 2 aromatic rings. The van der Waals surface area contributed by atoms with Gasteiger partial charge in [-0.25, -0.2) is 9.18 Å². The number of ether oxygens (including phenoxy) is 1. The molecule has 1 amide bonds. The highest BCUT2D eigenvalue weighted by Gasteiger charge is 2.26. The summed E-state index contributed by atoms with van der Waals surface area (Å²) < 4.78 is 18.4. The van der Waals surface area contributed by atoms with Gasteiger partial charge in [0.1, 0.15) is 11.4 Å². The molecule has 9 heteroatoms. The van der Waals surface area contributed by atoms with Crippen LogP contribution in [0.2, 0.25) is 0 Å². The van der Waals surface area contributed by atoms with Gasteiger partial charge in [-0.2, -0.15) is 0 Å². The van der Waals surface area contributed by atoms with E-state index in [2.05, 4.69) is 10.1 Å². The van der Waals surface area contributed by atoms with Crippen LogP contribution in [0.3, 0.4) is 0 Å². The Kier molecular flexibility index (Phi) is 5.76. The van der Waals surface area contributed by atoms with Crippen LogP contribution >= 0.6 is 0 Å². The molecule has 0 spiro atoms. The predicted octanol–water partition coefficient (Wildman–Crippen LogP) is 3.43. The van der Waals surface area contributed by atoms with Crippen LogP contribution in [-0.2, 0) is 16.1 Å². The summed E-state index contributed by atoms with van der Waals surface area (Å²) in [5, 5.41) is 14.4. The number of carbonyl (C=O) groups is 2. The molecule has 2 aromatic carbocycles. The van der Waals surface area contributed by atoms with Gasteiger partial charge in [-0.05, 0) is 41.8 Å². The van der Waals surface area contributed by atoms with Crippen LogP contribution in [-0.4, -0.2) is 35.4 Å². The first-order valence-electron chi connectivity index (χ1n) is 8.97. The van der Waals surface area contributed by atoms with E-state index in [0.717, 1.165) is 12.7 Å². The number of fused-ring (bicyclic) bond motifs is 1. The number of carbonyl (C=O) groups excluding carboxylic acids is 2. The smallest absolute Gasteiger partial charge is 0.344 e. The van der Waals surface area contributed by atoms with Crippen molar-refractivity contribution in [2.45, 2.75) is 25.9 Å².